The van der Waals surface area contributed by atoms with Crippen molar-refractivity contribution in [2.45, 2.75) is 77.7 Å². The first kappa shape index (κ1) is 32.4. The van der Waals surface area contributed by atoms with Gasteiger partial charge in [-0.05, 0) is 88.7 Å². The number of aromatic nitrogens is 2. The van der Waals surface area contributed by atoms with E-state index in [0.29, 0.717) is 40.0 Å². The number of carbonyl (C=O) groups excluding carboxylic acids is 1. The van der Waals surface area contributed by atoms with Crippen LogP contribution >= 0.6 is 11.6 Å². The number of ether oxygens (including phenoxy) is 5. The lowest BCUT2D eigenvalue weighted by atomic mass is 10.1. The van der Waals surface area contributed by atoms with Gasteiger partial charge in [0.1, 0.15) is 48.3 Å². The van der Waals surface area contributed by atoms with Crippen LogP contribution in [0.1, 0.15) is 53.0 Å². The van der Waals surface area contributed by atoms with E-state index in [4.69, 9.17) is 35.3 Å². The number of carbonyl (C=O) groups is 1. The first-order valence-electron chi connectivity index (χ1n) is 14.7. The molecule has 3 aromatic carbocycles. The Balaban J connectivity index is 1.23. The molecule has 5 rings (SSSR count). The van der Waals surface area contributed by atoms with Crippen LogP contribution < -0.4 is 14.8 Å². The number of anilines is 2. The normalized spacial score (nSPS) is 17.9. The van der Waals surface area contributed by atoms with Crippen molar-refractivity contribution in [3.8, 4) is 11.5 Å². The lowest BCUT2D eigenvalue weighted by Gasteiger charge is -2.40. The molecule has 11 heteroatoms. The Labute approximate surface area is 267 Å². The number of hydrogen-bond donors (Lipinski definition) is 1. The van der Waals surface area contributed by atoms with Gasteiger partial charge in [0.05, 0.1) is 29.2 Å². The van der Waals surface area contributed by atoms with E-state index in [0.717, 1.165) is 10.9 Å². The van der Waals surface area contributed by atoms with Gasteiger partial charge < -0.3 is 29.0 Å². The SMILES string of the molecule is CC(C)(C)OC(=O)C[C@H]1C[C@@H](COc2ccc3ncnc(Nc4ccc(OCc5cccc(F)c5)c(Cl)c4)c3c2)OC(C)(C)O1. The third kappa shape index (κ3) is 9.26. The molecule has 2 heterocycles. The van der Waals surface area contributed by atoms with Gasteiger partial charge in [0.25, 0.3) is 0 Å². The summed E-state index contributed by atoms with van der Waals surface area (Å²) in [6, 6.07) is 17.1. The van der Waals surface area contributed by atoms with Crippen molar-refractivity contribution in [1.29, 1.82) is 0 Å². The Morgan fingerprint density at radius 2 is 1.84 bits per heavy atom. The van der Waals surface area contributed by atoms with Crippen molar-refractivity contribution in [3.05, 3.63) is 83.4 Å². The summed E-state index contributed by atoms with van der Waals surface area (Å²) in [6.07, 6.45) is 1.43. The summed E-state index contributed by atoms with van der Waals surface area (Å²) in [5, 5.41) is 4.43. The highest BCUT2D eigenvalue weighted by Crippen LogP contribution is 2.33. The predicted octanol–water partition coefficient (Wildman–Crippen LogP) is 7.77. The van der Waals surface area contributed by atoms with E-state index < -0.39 is 11.4 Å². The second kappa shape index (κ2) is 13.6. The fraction of sp³-hybridized carbons (Fsp3) is 0.382. The summed E-state index contributed by atoms with van der Waals surface area (Å²) in [6.45, 7) is 9.60. The van der Waals surface area contributed by atoms with Crippen molar-refractivity contribution < 1.29 is 32.9 Å². The summed E-state index contributed by atoms with van der Waals surface area (Å²) < 4.78 is 43.0. The van der Waals surface area contributed by atoms with Gasteiger partial charge in [-0.15, -0.1) is 0 Å². The molecule has 4 aromatic rings. The minimum atomic E-state index is -0.880. The van der Waals surface area contributed by atoms with Crippen LogP contribution in [0, 0.1) is 5.82 Å². The van der Waals surface area contributed by atoms with E-state index >= 15 is 0 Å². The van der Waals surface area contributed by atoms with Crippen LogP contribution in [0.4, 0.5) is 15.9 Å². The number of fused-ring (bicyclic) bond motifs is 1. The molecule has 0 saturated carbocycles. The van der Waals surface area contributed by atoms with E-state index in [9.17, 15) is 9.18 Å². The molecule has 0 aliphatic carbocycles. The second-order valence-corrected chi connectivity index (χ2v) is 12.7. The third-order valence-corrected chi connectivity index (χ3v) is 7.06. The molecular weight excluding hydrogens is 601 g/mol. The maximum atomic E-state index is 13.5. The van der Waals surface area contributed by atoms with Crippen LogP contribution in [0.15, 0.2) is 67.0 Å². The van der Waals surface area contributed by atoms with Crippen molar-refractivity contribution in [3.63, 3.8) is 0 Å². The maximum Gasteiger partial charge on any atom is 0.308 e. The fourth-order valence-corrected chi connectivity index (χ4v) is 5.29. The molecule has 1 saturated heterocycles. The topological polar surface area (TPSA) is 101 Å². The second-order valence-electron chi connectivity index (χ2n) is 12.3. The van der Waals surface area contributed by atoms with E-state index in [2.05, 4.69) is 15.3 Å². The van der Waals surface area contributed by atoms with Crippen LogP contribution in [0.5, 0.6) is 11.5 Å². The van der Waals surface area contributed by atoms with Crippen molar-refractivity contribution in [1.82, 2.24) is 9.97 Å². The number of halogens is 2. The van der Waals surface area contributed by atoms with Gasteiger partial charge in [-0.2, -0.15) is 0 Å². The highest BCUT2D eigenvalue weighted by atomic mass is 35.5. The van der Waals surface area contributed by atoms with Gasteiger partial charge in [-0.3, -0.25) is 4.79 Å². The van der Waals surface area contributed by atoms with Gasteiger partial charge in [0.2, 0.25) is 0 Å². The van der Waals surface area contributed by atoms with Crippen LogP contribution in [0.3, 0.4) is 0 Å². The molecule has 1 aromatic heterocycles. The molecule has 238 valence electrons. The molecule has 0 bridgehead atoms. The average Bonchev–Trinajstić information content (AvgIpc) is 2.94. The molecule has 0 unspecified atom stereocenters. The Morgan fingerprint density at radius 1 is 1.04 bits per heavy atom. The zero-order valence-electron chi connectivity index (χ0n) is 25.9. The van der Waals surface area contributed by atoms with Crippen molar-refractivity contribution in [2.75, 3.05) is 11.9 Å². The average molecular weight is 638 g/mol. The Bertz CT molecular complexity index is 1660. The summed E-state index contributed by atoms with van der Waals surface area (Å²) in [5.41, 5.74) is 1.55. The summed E-state index contributed by atoms with van der Waals surface area (Å²) in [7, 11) is 0. The molecule has 1 fully saturated rings. The minimum Gasteiger partial charge on any atom is -0.491 e. The van der Waals surface area contributed by atoms with Crippen LogP contribution in [0.25, 0.3) is 10.9 Å². The van der Waals surface area contributed by atoms with Crippen LogP contribution in [0.2, 0.25) is 5.02 Å². The lowest BCUT2D eigenvalue weighted by Crippen LogP contribution is -2.47. The lowest BCUT2D eigenvalue weighted by molar-refractivity contribution is -0.303. The maximum absolute atomic E-state index is 13.5. The zero-order valence-corrected chi connectivity index (χ0v) is 26.7. The first-order chi connectivity index (χ1) is 21.3. The summed E-state index contributed by atoms with van der Waals surface area (Å²) >= 11 is 6.50. The van der Waals surface area contributed by atoms with E-state index in [-0.39, 0.29) is 43.6 Å². The van der Waals surface area contributed by atoms with E-state index in [1.807, 2.05) is 58.9 Å². The number of hydrogen-bond acceptors (Lipinski definition) is 9. The number of rotatable bonds is 10. The molecule has 0 radical (unpaired) electrons. The molecule has 1 aliphatic rings. The quantitative estimate of drug-likeness (QED) is 0.175. The molecular formula is C34H37ClFN3O6. The molecule has 45 heavy (non-hydrogen) atoms. The largest absolute Gasteiger partial charge is 0.491 e. The number of benzene rings is 3. The Kier molecular flexibility index (Phi) is 9.76. The van der Waals surface area contributed by atoms with Gasteiger partial charge in [0.15, 0.2) is 5.79 Å². The molecule has 0 spiro atoms. The molecule has 2 atom stereocenters. The minimum absolute atomic E-state index is 0.132. The Hall–Kier alpha value is -3.99. The first-order valence-corrected chi connectivity index (χ1v) is 15.1. The predicted molar refractivity (Wildman–Crippen MR) is 169 cm³/mol. The monoisotopic (exact) mass is 637 g/mol. The smallest absolute Gasteiger partial charge is 0.308 e. The Morgan fingerprint density at radius 3 is 2.60 bits per heavy atom. The van der Waals surface area contributed by atoms with Crippen LogP contribution in [-0.2, 0) is 25.6 Å². The van der Waals surface area contributed by atoms with E-state index in [1.165, 1.54) is 18.5 Å². The van der Waals surface area contributed by atoms with Crippen molar-refractivity contribution in [2.24, 2.45) is 0 Å². The number of esters is 1. The highest BCUT2D eigenvalue weighted by molar-refractivity contribution is 6.32. The summed E-state index contributed by atoms with van der Waals surface area (Å²) in [4.78, 5) is 21.2. The molecule has 9 nitrogen and oxygen atoms in total. The third-order valence-electron chi connectivity index (χ3n) is 6.76. The molecule has 0 amide bonds. The molecule has 1 aliphatic heterocycles. The van der Waals surface area contributed by atoms with E-state index in [1.54, 1.807) is 24.3 Å². The van der Waals surface area contributed by atoms with Crippen LogP contribution in [-0.4, -0.2) is 46.1 Å². The summed E-state index contributed by atoms with van der Waals surface area (Å²) in [5.74, 6) is 0.131. The van der Waals surface area contributed by atoms with Crippen molar-refractivity contribution >= 4 is 40.0 Å². The zero-order chi connectivity index (χ0) is 32.2. The highest BCUT2D eigenvalue weighted by Gasteiger charge is 2.37. The van der Waals surface area contributed by atoms with Gasteiger partial charge in [-0.1, -0.05) is 23.7 Å². The molecule has 1 N–H and O–H groups in total. The number of nitrogens with zero attached hydrogens (tertiary/aromatic N) is 2. The van der Waals surface area contributed by atoms with Gasteiger partial charge in [0, 0.05) is 17.5 Å². The number of nitrogens with one attached hydrogen (secondary N) is 1. The fourth-order valence-electron chi connectivity index (χ4n) is 5.05. The van der Waals surface area contributed by atoms with Gasteiger partial charge >= 0.3 is 5.97 Å². The van der Waals surface area contributed by atoms with Gasteiger partial charge in [-0.25, -0.2) is 14.4 Å². The standard InChI is InChI=1S/C34H37ClFN3O6/c1-33(2,3)45-31(40)17-25-15-26(44-34(4,5)43-25)19-41-24-10-11-29-27(16-24)32(38-20-37-29)39-23-9-12-30(28(35)14-23)42-18-21-7-6-8-22(36)13-21/h6-14,16,20,25-26H,15,17-19H2,1-5H3,(H,37,38,39)/t25-,26+/m1/s1.